The van der Waals surface area contributed by atoms with Crippen LogP contribution in [-0.2, 0) is 9.59 Å². The Hall–Kier alpha value is -3.86. The van der Waals surface area contributed by atoms with Crippen LogP contribution in [0, 0.1) is 30.0 Å². The molecule has 0 aliphatic rings. The standard InChI is InChI=1S/C28H22Cl2FNO5/c1-16-10-18(13-20(31)11-16)26(34)21-14-19(29)5-7-24(21)37-15-25(33)32-23-6-4-17(12-22(23)30)8-9-28(2,3)27(35)36/h4-7,10-14H,15H2,1-3H3,(H,32,33)(H,35,36). The Kier molecular flexibility index (Phi) is 8.59. The minimum Gasteiger partial charge on any atom is -0.483 e. The molecule has 3 aromatic rings. The van der Waals surface area contributed by atoms with Crippen molar-refractivity contribution in [1.82, 2.24) is 0 Å². The third-order valence-electron chi connectivity index (χ3n) is 5.15. The molecule has 0 fully saturated rings. The zero-order valence-electron chi connectivity index (χ0n) is 20.1. The number of hydrogen-bond acceptors (Lipinski definition) is 4. The summed E-state index contributed by atoms with van der Waals surface area (Å²) < 4.78 is 19.4. The lowest BCUT2D eigenvalue weighted by atomic mass is 9.94. The van der Waals surface area contributed by atoms with E-state index in [2.05, 4.69) is 17.2 Å². The van der Waals surface area contributed by atoms with Gasteiger partial charge in [0.15, 0.2) is 12.4 Å². The number of halogens is 3. The molecular weight excluding hydrogens is 520 g/mol. The highest BCUT2D eigenvalue weighted by molar-refractivity contribution is 6.33. The third kappa shape index (κ3) is 7.32. The summed E-state index contributed by atoms with van der Waals surface area (Å²) in [6.45, 7) is 4.18. The molecule has 0 saturated carbocycles. The predicted molar refractivity (Wildman–Crippen MR) is 140 cm³/mol. The Morgan fingerprint density at radius 2 is 1.78 bits per heavy atom. The van der Waals surface area contributed by atoms with Crippen LogP contribution in [0.25, 0.3) is 0 Å². The van der Waals surface area contributed by atoms with Gasteiger partial charge in [-0.25, -0.2) is 4.39 Å². The van der Waals surface area contributed by atoms with Gasteiger partial charge in [0.1, 0.15) is 17.0 Å². The lowest BCUT2D eigenvalue weighted by Gasteiger charge is -2.13. The molecule has 0 heterocycles. The highest BCUT2D eigenvalue weighted by atomic mass is 35.5. The first-order valence-corrected chi connectivity index (χ1v) is 11.7. The van der Waals surface area contributed by atoms with Gasteiger partial charge in [-0.05, 0) is 80.9 Å². The van der Waals surface area contributed by atoms with Crippen molar-refractivity contribution in [3.63, 3.8) is 0 Å². The van der Waals surface area contributed by atoms with Gasteiger partial charge < -0.3 is 15.2 Å². The van der Waals surface area contributed by atoms with Crippen molar-refractivity contribution in [3.8, 4) is 17.6 Å². The third-order valence-corrected chi connectivity index (χ3v) is 5.69. The average molecular weight is 542 g/mol. The molecule has 3 rings (SSSR count). The number of ketones is 1. The number of carbonyl (C=O) groups is 3. The second kappa shape index (κ2) is 11.5. The quantitative estimate of drug-likeness (QED) is 0.276. The zero-order chi connectivity index (χ0) is 27.3. The van der Waals surface area contributed by atoms with Crippen molar-refractivity contribution >= 4 is 46.5 Å². The minimum atomic E-state index is -1.23. The van der Waals surface area contributed by atoms with Crippen molar-refractivity contribution in [2.24, 2.45) is 5.41 Å². The molecule has 0 aliphatic carbocycles. The number of hydrogen-bond donors (Lipinski definition) is 2. The average Bonchev–Trinajstić information content (AvgIpc) is 2.82. The molecule has 37 heavy (non-hydrogen) atoms. The molecule has 0 saturated heterocycles. The number of anilines is 1. The number of aliphatic carboxylic acids is 1. The maximum absolute atomic E-state index is 13.8. The van der Waals surface area contributed by atoms with Crippen LogP contribution in [0.2, 0.25) is 10.0 Å². The van der Waals surface area contributed by atoms with E-state index in [-0.39, 0.29) is 26.9 Å². The summed E-state index contributed by atoms with van der Waals surface area (Å²) in [6, 6.07) is 12.9. The second-order valence-corrected chi connectivity index (χ2v) is 9.54. The van der Waals surface area contributed by atoms with Gasteiger partial charge in [0, 0.05) is 16.1 Å². The van der Waals surface area contributed by atoms with Crippen LogP contribution in [0.5, 0.6) is 5.75 Å². The monoisotopic (exact) mass is 541 g/mol. The predicted octanol–water partition coefficient (Wildman–Crippen LogP) is 6.15. The van der Waals surface area contributed by atoms with Gasteiger partial charge in [-0.3, -0.25) is 14.4 Å². The van der Waals surface area contributed by atoms with Gasteiger partial charge in [0.25, 0.3) is 5.91 Å². The molecule has 0 unspecified atom stereocenters. The number of carboxylic acid groups (broad SMARTS) is 1. The summed E-state index contributed by atoms with van der Waals surface area (Å²) in [6.07, 6.45) is 0. The number of carboxylic acids is 1. The van der Waals surface area contributed by atoms with Crippen molar-refractivity contribution in [2.75, 3.05) is 11.9 Å². The van der Waals surface area contributed by atoms with E-state index >= 15 is 0 Å². The Labute approximate surface area is 223 Å². The first-order chi connectivity index (χ1) is 17.4. The Morgan fingerprint density at radius 1 is 1.05 bits per heavy atom. The fraction of sp³-hybridized carbons (Fsp3) is 0.179. The number of rotatable bonds is 7. The second-order valence-electron chi connectivity index (χ2n) is 8.70. The number of ether oxygens (including phenoxy) is 1. The van der Waals surface area contributed by atoms with E-state index < -0.39 is 35.5 Å². The maximum Gasteiger partial charge on any atom is 0.321 e. The molecule has 0 spiro atoms. The molecule has 0 atom stereocenters. The first-order valence-electron chi connectivity index (χ1n) is 11.0. The number of benzene rings is 3. The van der Waals surface area contributed by atoms with Gasteiger partial charge in [-0.1, -0.05) is 35.0 Å². The Morgan fingerprint density at radius 3 is 2.43 bits per heavy atom. The van der Waals surface area contributed by atoms with Gasteiger partial charge >= 0.3 is 5.97 Å². The molecule has 190 valence electrons. The molecule has 0 aliphatic heterocycles. The van der Waals surface area contributed by atoms with Gasteiger partial charge in [-0.2, -0.15) is 0 Å². The van der Waals surface area contributed by atoms with E-state index in [4.69, 9.17) is 33.0 Å². The van der Waals surface area contributed by atoms with E-state index in [0.29, 0.717) is 16.8 Å². The minimum absolute atomic E-state index is 0.0792. The molecule has 6 nitrogen and oxygen atoms in total. The van der Waals surface area contributed by atoms with Crippen LogP contribution in [0.4, 0.5) is 10.1 Å². The van der Waals surface area contributed by atoms with Gasteiger partial charge in [0.2, 0.25) is 0 Å². The van der Waals surface area contributed by atoms with Gasteiger partial charge in [-0.15, -0.1) is 0 Å². The highest BCUT2D eigenvalue weighted by Crippen LogP contribution is 2.27. The number of amides is 1. The molecule has 3 aromatic carbocycles. The smallest absolute Gasteiger partial charge is 0.321 e. The van der Waals surface area contributed by atoms with Crippen LogP contribution in [0.15, 0.2) is 54.6 Å². The summed E-state index contributed by atoms with van der Waals surface area (Å²) in [7, 11) is 0. The van der Waals surface area contributed by atoms with Crippen LogP contribution in [0.3, 0.4) is 0 Å². The molecular formula is C28H22Cl2FNO5. The largest absolute Gasteiger partial charge is 0.483 e. The van der Waals surface area contributed by atoms with Crippen LogP contribution < -0.4 is 10.1 Å². The number of aryl methyl sites for hydroxylation is 1. The Balaban J connectivity index is 1.72. The summed E-state index contributed by atoms with van der Waals surface area (Å²) in [5.74, 6) is 2.86. The molecule has 0 bridgehead atoms. The number of carbonyl (C=O) groups excluding carboxylic acids is 2. The molecule has 9 heteroatoms. The molecule has 1 amide bonds. The van der Waals surface area contributed by atoms with E-state index in [1.807, 2.05) is 0 Å². The summed E-state index contributed by atoms with van der Waals surface area (Å²) >= 11 is 12.3. The maximum atomic E-state index is 13.8. The fourth-order valence-corrected chi connectivity index (χ4v) is 3.53. The zero-order valence-corrected chi connectivity index (χ0v) is 21.6. The van der Waals surface area contributed by atoms with Gasteiger partial charge in [0.05, 0.1) is 16.3 Å². The van der Waals surface area contributed by atoms with E-state index in [9.17, 15) is 18.8 Å². The van der Waals surface area contributed by atoms with E-state index in [1.54, 1.807) is 19.1 Å². The summed E-state index contributed by atoms with van der Waals surface area (Å²) in [5.41, 5.74) is 0.316. The van der Waals surface area contributed by atoms with E-state index in [1.165, 1.54) is 50.2 Å². The SMILES string of the molecule is Cc1cc(F)cc(C(=O)c2cc(Cl)ccc2OCC(=O)Nc2ccc(C#CC(C)(C)C(=O)O)cc2Cl)c1. The molecule has 0 aromatic heterocycles. The fourth-order valence-electron chi connectivity index (χ4n) is 3.13. The van der Waals surface area contributed by atoms with Crippen molar-refractivity contribution in [3.05, 3.63) is 92.7 Å². The summed E-state index contributed by atoms with van der Waals surface area (Å²) in [5, 5.41) is 12.2. The van der Waals surface area contributed by atoms with Crippen molar-refractivity contribution < 1.29 is 28.6 Å². The first kappa shape index (κ1) is 27.7. The molecule has 2 N–H and O–H groups in total. The van der Waals surface area contributed by atoms with Crippen molar-refractivity contribution in [2.45, 2.75) is 20.8 Å². The highest BCUT2D eigenvalue weighted by Gasteiger charge is 2.24. The normalized spacial score (nSPS) is 10.8. The lowest BCUT2D eigenvalue weighted by Crippen LogP contribution is -2.21. The van der Waals surface area contributed by atoms with E-state index in [0.717, 1.165) is 6.07 Å². The lowest BCUT2D eigenvalue weighted by molar-refractivity contribution is -0.143. The Bertz CT molecular complexity index is 1440. The van der Waals surface area contributed by atoms with Crippen LogP contribution in [0.1, 0.15) is 40.9 Å². The van der Waals surface area contributed by atoms with Crippen molar-refractivity contribution in [1.29, 1.82) is 0 Å². The molecule has 0 radical (unpaired) electrons. The topological polar surface area (TPSA) is 92.7 Å². The number of nitrogens with one attached hydrogen (secondary N) is 1. The van der Waals surface area contributed by atoms with Crippen LogP contribution in [-0.4, -0.2) is 29.4 Å². The van der Waals surface area contributed by atoms with Crippen LogP contribution >= 0.6 is 23.2 Å². The summed E-state index contributed by atoms with van der Waals surface area (Å²) in [4.78, 5) is 36.7.